The number of hydrogen-bond donors (Lipinski definition) is 1. The van der Waals surface area contributed by atoms with Gasteiger partial charge in [-0.3, -0.25) is 0 Å². The van der Waals surface area contributed by atoms with Crippen LogP contribution in [0.15, 0.2) is 83.7 Å². The van der Waals surface area contributed by atoms with E-state index in [9.17, 15) is 18.0 Å². The van der Waals surface area contributed by atoms with E-state index in [4.69, 9.17) is 0 Å². The standard InChI is InChI=1S/C32H31F3N6O2S/c1-4-5-24-9-6-21(2)18-28(24)40-16-17-44-31(40)38-30(42)37-22(3)19-23-7-10-25(11-8-23)29-36-20-41(39-29)26-12-14-27(15-13-26)43-32(33,34)35/h6-15,18-20H,4-5,16-17H2,1-3H3,(H,37,42)/b22-19+,38-31?. The van der Waals surface area contributed by atoms with Gasteiger partial charge in [-0.15, -0.1) is 18.3 Å². The predicted octanol–water partition coefficient (Wildman–Crippen LogP) is 7.77. The molecule has 0 atom stereocenters. The second-order valence-corrected chi connectivity index (χ2v) is 11.3. The number of anilines is 1. The first-order valence-electron chi connectivity index (χ1n) is 14.0. The first-order valence-corrected chi connectivity index (χ1v) is 15.0. The van der Waals surface area contributed by atoms with Gasteiger partial charge in [-0.1, -0.05) is 61.5 Å². The van der Waals surface area contributed by atoms with Crippen LogP contribution < -0.4 is 15.0 Å². The Kier molecular flexibility index (Phi) is 9.38. The van der Waals surface area contributed by atoms with Crippen molar-refractivity contribution < 1.29 is 22.7 Å². The molecule has 2 amide bonds. The Labute approximate surface area is 257 Å². The zero-order chi connectivity index (χ0) is 31.3. The Bertz CT molecular complexity index is 1680. The number of halogens is 3. The number of amidine groups is 1. The average molecular weight is 621 g/mol. The summed E-state index contributed by atoms with van der Waals surface area (Å²) in [5.41, 5.74) is 6.33. The Morgan fingerprint density at radius 3 is 2.57 bits per heavy atom. The second-order valence-electron chi connectivity index (χ2n) is 10.2. The molecule has 1 aliphatic heterocycles. The summed E-state index contributed by atoms with van der Waals surface area (Å²) in [5, 5.41) is 7.98. The first kappa shape index (κ1) is 30.9. The summed E-state index contributed by atoms with van der Waals surface area (Å²) in [6, 6.07) is 18.8. The molecule has 1 fully saturated rings. The van der Waals surface area contributed by atoms with Crippen molar-refractivity contribution >= 4 is 34.7 Å². The van der Waals surface area contributed by atoms with Crippen LogP contribution in [0.4, 0.5) is 23.7 Å². The van der Waals surface area contributed by atoms with Crippen molar-refractivity contribution in [3.8, 4) is 22.8 Å². The van der Waals surface area contributed by atoms with Crippen LogP contribution in [-0.4, -0.2) is 44.6 Å². The van der Waals surface area contributed by atoms with E-state index in [1.807, 2.05) is 30.3 Å². The number of amides is 2. The molecule has 0 spiro atoms. The highest BCUT2D eigenvalue weighted by molar-refractivity contribution is 8.14. The molecule has 1 aliphatic rings. The number of hydrogen-bond acceptors (Lipinski definition) is 5. The Hall–Kier alpha value is -4.58. The van der Waals surface area contributed by atoms with Crippen LogP contribution in [0.25, 0.3) is 23.2 Å². The molecule has 2 heterocycles. The lowest BCUT2D eigenvalue weighted by atomic mass is 10.0. The molecule has 0 saturated carbocycles. The third-order valence-electron chi connectivity index (χ3n) is 6.71. The summed E-state index contributed by atoms with van der Waals surface area (Å²) < 4.78 is 42.6. The number of ether oxygens (including phenoxy) is 1. The highest BCUT2D eigenvalue weighted by Crippen LogP contribution is 2.31. The SMILES string of the molecule is CCCc1ccc(C)cc1N1CCSC1=NC(=O)N/C(C)=C/c1ccc(-c2ncn(-c3ccc(OC(F)(F)F)cc3)n2)cc1. The molecule has 228 valence electrons. The molecule has 0 radical (unpaired) electrons. The van der Waals surface area contributed by atoms with Crippen LogP contribution in [0.3, 0.4) is 0 Å². The Morgan fingerprint density at radius 2 is 1.86 bits per heavy atom. The summed E-state index contributed by atoms with van der Waals surface area (Å²) in [6.45, 7) is 6.83. The fourth-order valence-corrected chi connectivity index (χ4v) is 5.69. The molecule has 0 bridgehead atoms. The van der Waals surface area contributed by atoms with Gasteiger partial charge >= 0.3 is 12.4 Å². The van der Waals surface area contributed by atoms with E-state index in [0.29, 0.717) is 22.4 Å². The number of nitrogens with zero attached hydrogens (tertiary/aromatic N) is 5. The van der Waals surface area contributed by atoms with Crippen molar-refractivity contribution in [3.63, 3.8) is 0 Å². The molecule has 44 heavy (non-hydrogen) atoms. The number of rotatable bonds is 8. The number of carbonyl (C=O) groups is 1. The fraction of sp³-hybridized carbons (Fsp3) is 0.250. The smallest absolute Gasteiger partial charge is 0.406 e. The molecule has 1 N–H and O–H groups in total. The maximum Gasteiger partial charge on any atom is 0.573 e. The highest BCUT2D eigenvalue weighted by atomic mass is 32.2. The third kappa shape index (κ3) is 7.87. The second kappa shape index (κ2) is 13.4. The van der Waals surface area contributed by atoms with Crippen molar-refractivity contribution in [1.82, 2.24) is 20.1 Å². The summed E-state index contributed by atoms with van der Waals surface area (Å²) in [4.78, 5) is 23.7. The maximum absolute atomic E-state index is 12.8. The van der Waals surface area contributed by atoms with Crippen molar-refractivity contribution in [3.05, 3.63) is 95.4 Å². The number of thioether (sulfide) groups is 1. The van der Waals surface area contributed by atoms with Gasteiger partial charge in [-0.2, -0.15) is 4.99 Å². The number of allylic oxidation sites excluding steroid dienone is 1. The molecule has 3 aromatic carbocycles. The van der Waals surface area contributed by atoms with Gasteiger partial charge in [0.25, 0.3) is 0 Å². The van der Waals surface area contributed by atoms with Gasteiger partial charge in [0.2, 0.25) is 0 Å². The number of nitrogens with one attached hydrogen (secondary N) is 1. The lowest BCUT2D eigenvalue weighted by molar-refractivity contribution is -0.274. The van der Waals surface area contributed by atoms with E-state index in [1.54, 1.807) is 18.7 Å². The fourth-order valence-electron chi connectivity index (χ4n) is 4.74. The van der Waals surface area contributed by atoms with E-state index in [0.717, 1.165) is 42.0 Å². The van der Waals surface area contributed by atoms with Gasteiger partial charge in [-0.25, -0.2) is 14.5 Å². The summed E-state index contributed by atoms with van der Waals surface area (Å²) in [7, 11) is 0. The van der Waals surface area contributed by atoms with Gasteiger partial charge < -0.3 is 15.0 Å². The average Bonchev–Trinajstić information content (AvgIpc) is 3.64. The predicted molar refractivity (Wildman–Crippen MR) is 168 cm³/mol. The summed E-state index contributed by atoms with van der Waals surface area (Å²) in [5.74, 6) is 1.00. The van der Waals surface area contributed by atoms with Crippen LogP contribution in [0.5, 0.6) is 5.75 Å². The maximum atomic E-state index is 12.8. The number of aromatic nitrogens is 3. The first-order chi connectivity index (χ1) is 21.1. The molecule has 12 heteroatoms. The van der Waals surface area contributed by atoms with E-state index in [-0.39, 0.29) is 5.75 Å². The largest absolute Gasteiger partial charge is 0.573 e. The minimum atomic E-state index is -4.75. The van der Waals surface area contributed by atoms with Crippen molar-refractivity contribution in [1.29, 1.82) is 0 Å². The molecular formula is C32H31F3N6O2S. The van der Waals surface area contributed by atoms with Crippen LogP contribution >= 0.6 is 11.8 Å². The molecule has 1 aromatic heterocycles. The van der Waals surface area contributed by atoms with Crippen molar-refractivity contribution in [2.24, 2.45) is 4.99 Å². The van der Waals surface area contributed by atoms with Gasteiger partial charge in [0.05, 0.1) is 5.69 Å². The number of benzene rings is 3. The zero-order valence-electron chi connectivity index (χ0n) is 24.4. The van der Waals surface area contributed by atoms with E-state index in [1.165, 1.54) is 46.4 Å². The molecule has 5 rings (SSSR count). The van der Waals surface area contributed by atoms with E-state index >= 15 is 0 Å². The highest BCUT2D eigenvalue weighted by Gasteiger charge is 2.31. The quantitative estimate of drug-likeness (QED) is 0.217. The topological polar surface area (TPSA) is 84.6 Å². The monoisotopic (exact) mass is 620 g/mol. The number of aryl methyl sites for hydroxylation is 2. The normalized spacial score (nSPS) is 14.7. The lowest BCUT2D eigenvalue weighted by Crippen LogP contribution is -2.28. The summed E-state index contributed by atoms with van der Waals surface area (Å²) in [6.07, 6.45) is 0.581. The van der Waals surface area contributed by atoms with Crippen molar-refractivity contribution in [2.45, 2.75) is 40.0 Å². The molecule has 4 aromatic rings. The van der Waals surface area contributed by atoms with E-state index < -0.39 is 12.4 Å². The van der Waals surface area contributed by atoms with Crippen LogP contribution in [0.2, 0.25) is 0 Å². The number of alkyl halides is 3. The lowest BCUT2D eigenvalue weighted by Gasteiger charge is -2.22. The molecule has 8 nitrogen and oxygen atoms in total. The number of urea groups is 1. The molecule has 1 saturated heterocycles. The molecular weight excluding hydrogens is 589 g/mol. The minimum absolute atomic E-state index is 0.313. The van der Waals surface area contributed by atoms with Gasteiger partial charge in [-0.05, 0) is 73.4 Å². The van der Waals surface area contributed by atoms with Crippen LogP contribution in [0.1, 0.15) is 37.0 Å². The van der Waals surface area contributed by atoms with Gasteiger partial charge in [0, 0.05) is 29.2 Å². The van der Waals surface area contributed by atoms with E-state index in [2.05, 4.69) is 62.1 Å². The minimum Gasteiger partial charge on any atom is -0.406 e. The summed E-state index contributed by atoms with van der Waals surface area (Å²) >= 11 is 1.58. The third-order valence-corrected chi connectivity index (χ3v) is 7.66. The number of carbonyl (C=O) groups excluding carboxylic acids is 1. The van der Waals surface area contributed by atoms with Gasteiger partial charge in [0.1, 0.15) is 12.1 Å². The molecule has 0 unspecified atom stereocenters. The Balaban J connectivity index is 1.22. The van der Waals surface area contributed by atoms with Gasteiger partial charge in [0.15, 0.2) is 11.0 Å². The Morgan fingerprint density at radius 1 is 1.11 bits per heavy atom. The van der Waals surface area contributed by atoms with Crippen LogP contribution in [0, 0.1) is 6.92 Å². The zero-order valence-corrected chi connectivity index (χ0v) is 25.2. The van der Waals surface area contributed by atoms with Crippen LogP contribution in [-0.2, 0) is 6.42 Å². The molecule has 0 aliphatic carbocycles. The number of aliphatic imine (C=N–C) groups is 1. The van der Waals surface area contributed by atoms with Crippen molar-refractivity contribution in [2.75, 3.05) is 17.2 Å².